The Balaban J connectivity index is 0.000000290. The standard InChI is InChI=1S/C19H17N.C13H24O2.C12H8.Bi.Ir/c1-13(2)15-7-8-18-16(12-15)9-10-20-19(18)17-6-4-5-14(3)11-17;1-5-10(6-2)12(14)9-13(15)11(7-3)8-4;1-3-7-11(8-4-1)12-9-5-2-6-10-12;;/h5-10,12-13H,1-3H3;9-11,14H,5-8H2,1-4H3;1-7,9H;;/q-1;;;;/b;12-9-;;;. The van der Waals surface area contributed by atoms with Crippen LogP contribution in [0, 0.1) is 24.8 Å². The number of aliphatic hydroxyl groups excluding tert-OH is 1. The van der Waals surface area contributed by atoms with Crippen LogP contribution < -0.4 is 9.81 Å². The Hall–Kier alpha value is -2.97. The average molecular weight is 1030 g/mol. The smallest absolute Gasteiger partial charge is 0 e. The van der Waals surface area contributed by atoms with E-state index in [4.69, 9.17) is 4.98 Å². The van der Waals surface area contributed by atoms with Gasteiger partial charge in [0.25, 0.3) is 0 Å². The fourth-order valence-electron chi connectivity index (χ4n) is 6.70. The van der Waals surface area contributed by atoms with Gasteiger partial charge < -0.3 is 5.11 Å². The summed E-state index contributed by atoms with van der Waals surface area (Å²) in [6.45, 7) is 14.7. The van der Waals surface area contributed by atoms with Gasteiger partial charge in [0, 0.05) is 38.0 Å². The quantitative estimate of drug-likeness (QED) is 0.0645. The summed E-state index contributed by atoms with van der Waals surface area (Å²) in [7, 11) is 0. The molecule has 4 aromatic carbocycles. The summed E-state index contributed by atoms with van der Waals surface area (Å²) in [5.74, 6) is 1.06. The molecule has 0 saturated heterocycles. The zero-order valence-corrected chi connectivity index (χ0v) is 35.8. The third kappa shape index (κ3) is 8.68. The molecule has 0 spiro atoms. The summed E-state index contributed by atoms with van der Waals surface area (Å²) in [5.41, 5.74) is 7.58. The number of benzene rings is 4. The van der Waals surface area contributed by atoms with Gasteiger partial charge in [-0.15, -0.1) is 0 Å². The Morgan fingerprint density at radius 1 is 0.816 bits per heavy atom. The average Bonchev–Trinajstić information content (AvgIpc) is 3.43. The van der Waals surface area contributed by atoms with Crippen LogP contribution in [0.2, 0.25) is 0 Å². The molecular formula is C44H49BiIrNO2-. The Morgan fingerprint density at radius 2 is 1.41 bits per heavy atom. The number of aliphatic hydroxyl groups is 1. The van der Waals surface area contributed by atoms with Gasteiger partial charge in [0.05, 0.1) is 5.76 Å². The summed E-state index contributed by atoms with van der Waals surface area (Å²) < 4.78 is 4.67. The monoisotopic (exact) mass is 1030 g/mol. The minimum Gasteiger partial charge on any atom is 0 e. The largest absolute Gasteiger partial charge is 0 e. The fraction of sp³-hybridized carbons (Fsp3) is 0.318. The number of rotatable bonds is 10. The number of ketones is 1. The molecule has 1 N–H and O–H groups in total. The second kappa shape index (κ2) is 17.8. The topological polar surface area (TPSA) is 50.2 Å². The van der Waals surface area contributed by atoms with Crippen LogP contribution in [0.25, 0.3) is 33.2 Å². The van der Waals surface area contributed by atoms with E-state index in [2.05, 4.69) is 112 Å². The van der Waals surface area contributed by atoms with Gasteiger partial charge in [0.15, 0.2) is 5.78 Å². The molecule has 1 aromatic heterocycles. The van der Waals surface area contributed by atoms with E-state index in [9.17, 15) is 9.90 Å². The van der Waals surface area contributed by atoms with Crippen LogP contribution in [0.1, 0.15) is 84.3 Å². The van der Waals surface area contributed by atoms with Crippen molar-refractivity contribution in [3.63, 3.8) is 0 Å². The maximum Gasteiger partial charge on any atom is 0 e. The molecule has 2 heterocycles. The molecule has 5 aromatic rings. The van der Waals surface area contributed by atoms with Crippen LogP contribution in [-0.2, 0) is 24.9 Å². The van der Waals surface area contributed by atoms with E-state index in [0.717, 1.165) is 36.9 Å². The molecular weight excluding hydrogens is 976 g/mol. The van der Waals surface area contributed by atoms with Crippen molar-refractivity contribution in [2.75, 3.05) is 0 Å². The number of aromatic nitrogens is 1. The SMILES string of the molecule is CCC(CC)C(=O)/C=C(\O)C(CC)CC.Cc1[c-]c(-c2nccc3cc(C(C)C)ccc23)c[c]([Bi]2[c]3ccccc3-c3cccc[c]32)c1.[Ir]. The summed E-state index contributed by atoms with van der Waals surface area (Å²) >= 11 is -2.37. The zero-order valence-electron chi connectivity index (χ0n) is 29.9. The predicted molar refractivity (Wildman–Crippen MR) is 205 cm³/mol. The molecule has 0 fully saturated rings. The molecule has 1 aliphatic heterocycles. The first-order chi connectivity index (χ1) is 23.2. The third-order valence-electron chi connectivity index (χ3n) is 9.62. The van der Waals surface area contributed by atoms with E-state index in [1.807, 2.05) is 33.9 Å². The number of hydrogen-bond donors (Lipinski definition) is 1. The first kappa shape index (κ1) is 38.8. The third-order valence-corrected chi connectivity index (χ3v) is 19.4. The normalized spacial score (nSPS) is 12.5. The van der Waals surface area contributed by atoms with Gasteiger partial charge in [-0.2, -0.15) is 0 Å². The van der Waals surface area contributed by atoms with Crippen LogP contribution in [-0.4, -0.2) is 37.6 Å². The van der Waals surface area contributed by atoms with E-state index in [-0.39, 0.29) is 43.5 Å². The van der Waals surface area contributed by atoms with Gasteiger partial charge in [0.1, 0.15) is 0 Å². The summed E-state index contributed by atoms with van der Waals surface area (Å²) in [6, 6.07) is 35.4. The minimum atomic E-state index is -2.37. The molecule has 0 atom stereocenters. The molecule has 49 heavy (non-hydrogen) atoms. The van der Waals surface area contributed by atoms with Gasteiger partial charge in [-0.25, -0.2) is 0 Å². The van der Waals surface area contributed by atoms with Crippen LogP contribution in [0.5, 0.6) is 0 Å². The number of aryl methyl sites for hydroxylation is 1. The van der Waals surface area contributed by atoms with Crippen LogP contribution >= 0.6 is 0 Å². The maximum atomic E-state index is 11.7. The van der Waals surface area contributed by atoms with Gasteiger partial charge in [-0.1, -0.05) is 27.7 Å². The van der Waals surface area contributed by atoms with Crippen molar-refractivity contribution < 1.29 is 30.0 Å². The molecule has 1 radical (unpaired) electrons. The Bertz CT molecular complexity index is 1880. The maximum absolute atomic E-state index is 11.7. The van der Waals surface area contributed by atoms with Gasteiger partial charge >= 0.3 is 205 Å². The Labute approximate surface area is 315 Å². The predicted octanol–water partition coefficient (Wildman–Crippen LogP) is 9.50. The van der Waals surface area contributed by atoms with Crippen LogP contribution in [0.15, 0.2) is 103 Å². The van der Waals surface area contributed by atoms with E-state index < -0.39 is 21.8 Å². The van der Waals surface area contributed by atoms with Crippen molar-refractivity contribution in [1.29, 1.82) is 0 Å². The van der Waals surface area contributed by atoms with E-state index in [1.54, 1.807) is 6.54 Å². The van der Waals surface area contributed by atoms with E-state index in [0.29, 0.717) is 5.92 Å². The molecule has 0 amide bonds. The number of hydrogen-bond acceptors (Lipinski definition) is 3. The van der Waals surface area contributed by atoms with Gasteiger partial charge in [-0.3, -0.25) is 4.79 Å². The van der Waals surface area contributed by atoms with Crippen molar-refractivity contribution in [3.05, 3.63) is 120 Å². The van der Waals surface area contributed by atoms with Crippen molar-refractivity contribution in [2.24, 2.45) is 11.8 Å². The first-order valence-corrected chi connectivity index (χ1v) is 22.8. The van der Waals surface area contributed by atoms with E-state index >= 15 is 0 Å². The molecule has 257 valence electrons. The Kier molecular flexibility index (Phi) is 14.1. The molecule has 3 nitrogen and oxygen atoms in total. The second-order valence-electron chi connectivity index (χ2n) is 13.1. The molecule has 1 aliphatic rings. The van der Waals surface area contributed by atoms with Crippen molar-refractivity contribution in [2.45, 2.75) is 80.1 Å². The number of nitrogens with zero attached hydrogens (tertiary/aromatic N) is 1. The van der Waals surface area contributed by atoms with E-state index in [1.165, 1.54) is 42.4 Å². The number of allylic oxidation sites excluding steroid dienone is 2. The second-order valence-corrected chi connectivity index (χ2v) is 21.5. The zero-order chi connectivity index (χ0) is 34.4. The van der Waals surface area contributed by atoms with Gasteiger partial charge in [0.2, 0.25) is 0 Å². The molecule has 0 unspecified atom stereocenters. The number of carbonyl (C=O) groups excluding carboxylic acids is 1. The summed E-state index contributed by atoms with van der Waals surface area (Å²) in [4.78, 5) is 16.6. The molecule has 0 saturated carbocycles. The van der Waals surface area contributed by atoms with Crippen molar-refractivity contribution in [3.8, 4) is 22.4 Å². The fourth-order valence-corrected chi connectivity index (χ4v) is 17.4. The van der Waals surface area contributed by atoms with Crippen molar-refractivity contribution >= 4 is 48.1 Å². The minimum absolute atomic E-state index is 0. The van der Waals surface area contributed by atoms with Crippen LogP contribution in [0.3, 0.4) is 0 Å². The van der Waals surface area contributed by atoms with Crippen molar-refractivity contribution in [1.82, 2.24) is 4.98 Å². The summed E-state index contributed by atoms with van der Waals surface area (Å²) in [5, 5.41) is 12.2. The molecule has 6 rings (SSSR count). The first-order valence-electron chi connectivity index (χ1n) is 17.6. The molecule has 0 bridgehead atoms. The Morgan fingerprint density at radius 3 is 1.98 bits per heavy atom. The van der Waals surface area contributed by atoms with Crippen LogP contribution in [0.4, 0.5) is 0 Å². The van der Waals surface area contributed by atoms with Gasteiger partial charge in [-0.05, 0) is 25.7 Å². The number of pyridine rings is 1. The molecule has 0 aliphatic carbocycles. The summed E-state index contributed by atoms with van der Waals surface area (Å²) in [6.07, 6.45) is 6.85. The number of fused-ring (bicyclic) bond motifs is 4. The number of carbonyl (C=O) groups is 1. The molecule has 5 heteroatoms.